The fourth-order valence-electron chi connectivity index (χ4n) is 3.34. The van der Waals surface area contributed by atoms with Gasteiger partial charge in [-0.15, -0.1) is 0 Å². The monoisotopic (exact) mass is 332 g/mol. The van der Waals surface area contributed by atoms with Crippen LogP contribution in [0.1, 0.15) is 44.0 Å². The van der Waals surface area contributed by atoms with Crippen LogP contribution < -0.4 is 5.32 Å². The molecule has 4 rings (SSSR count). The van der Waals surface area contributed by atoms with Crippen LogP contribution in [0.4, 0.5) is 0 Å². The van der Waals surface area contributed by atoms with Crippen LogP contribution in [-0.2, 0) is 4.79 Å². The lowest BCUT2D eigenvalue weighted by Crippen LogP contribution is -2.32. The van der Waals surface area contributed by atoms with Crippen molar-refractivity contribution < 1.29 is 4.79 Å². The number of halogens is 1. The number of carbonyl (C=O) groups is 1. The molecule has 1 aliphatic heterocycles. The standard InChI is InChI=1S/C17H21ClN4O/c18-11-3-6-13-14(10-11)21-17(20-13)15-2-1-8-22(15)9-7-16(23)19-12-4-5-12/h3,6,10,12,15H,1-2,4-5,7-9H2,(H,19,23)(H,20,21)/t15-/m1/s1. The number of hydrogen-bond donors (Lipinski definition) is 2. The number of nitrogens with one attached hydrogen (secondary N) is 2. The predicted molar refractivity (Wildman–Crippen MR) is 90.4 cm³/mol. The highest BCUT2D eigenvalue weighted by molar-refractivity contribution is 6.31. The number of benzene rings is 1. The smallest absolute Gasteiger partial charge is 0.221 e. The van der Waals surface area contributed by atoms with Crippen molar-refractivity contribution in [2.45, 2.75) is 44.2 Å². The Labute approximate surface area is 140 Å². The van der Waals surface area contributed by atoms with E-state index >= 15 is 0 Å². The van der Waals surface area contributed by atoms with Gasteiger partial charge in [0.05, 0.1) is 17.1 Å². The fraction of sp³-hybridized carbons (Fsp3) is 0.529. The molecule has 0 bridgehead atoms. The van der Waals surface area contributed by atoms with Gasteiger partial charge in [0, 0.05) is 24.0 Å². The Morgan fingerprint density at radius 2 is 2.26 bits per heavy atom. The molecule has 5 nitrogen and oxygen atoms in total. The highest BCUT2D eigenvalue weighted by Crippen LogP contribution is 2.31. The molecule has 0 spiro atoms. The molecular formula is C17H21ClN4O. The maximum Gasteiger partial charge on any atom is 0.221 e. The highest BCUT2D eigenvalue weighted by Gasteiger charge is 2.29. The number of aromatic nitrogens is 2. The number of hydrogen-bond acceptors (Lipinski definition) is 3. The van der Waals surface area contributed by atoms with Gasteiger partial charge < -0.3 is 10.3 Å². The van der Waals surface area contributed by atoms with Crippen LogP contribution >= 0.6 is 11.6 Å². The molecule has 0 radical (unpaired) electrons. The first kappa shape index (κ1) is 15.0. The van der Waals surface area contributed by atoms with Gasteiger partial charge in [0.15, 0.2) is 0 Å². The summed E-state index contributed by atoms with van der Waals surface area (Å²) in [5.74, 6) is 1.16. The largest absolute Gasteiger partial charge is 0.353 e. The Morgan fingerprint density at radius 3 is 3.09 bits per heavy atom. The molecule has 1 saturated carbocycles. The maximum absolute atomic E-state index is 11.9. The molecule has 1 aromatic carbocycles. The average molecular weight is 333 g/mol. The van der Waals surface area contributed by atoms with Crippen LogP contribution in [0.3, 0.4) is 0 Å². The number of H-pyrrole nitrogens is 1. The second-order valence-electron chi connectivity index (χ2n) is 6.57. The number of amides is 1. The van der Waals surface area contributed by atoms with Gasteiger partial charge >= 0.3 is 0 Å². The number of likely N-dealkylation sites (tertiary alicyclic amines) is 1. The number of nitrogens with zero attached hydrogens (tertiary/aromatic N) is 2. The van der Waals surface area contributed by atoms with Crippen molar-refractivity contribution in [1.29, 1.82) is 0 Å². The van der Waals surface area contributed by atoms with Gasteiger partial charge in [0.1, 0.15) is 5.82 Å². The molecule has 23 heavy (non-hydrogen) atoms. The predicted octanol–water partition coefficient (Wildman–Crippen LogP) is 3.02. The third-order valence-corrected chi connectivity index (χ3v) is 4.95. The summed E-state index contributed by atoms with van der Waals surface area (Å²) in [6, 6.07) is 6.44. The molecular weight excluding hydrogens is 312 g/mol. The lowest BCUT2D eigenvalue weighted by Gasteiger charge is -2.22. The zero-order valence-electron chi connectivity index (χ0n) is 13.0. The lowest BCUT2D eigenvalue weighted by atomic mass is 10.2. The number of imidazole rings is 1. The van der Waals surface area contributed by atoms with E-state index in [2.05, 4.69) is 15.2 Å². The number of carbonyl (C=O) groups excluding carboxylic acids is 1. The first-order valence-electron chi connectivity index (χ1n) is 8.37. The normalized spacial score (nSPS) is 21.9. The quantitative estimate of drug-likeness (QED) is 0.884. The molecule has 1 atom stereocenters. The summed E-state index contributed by atoms with van der Waals surface area (Å²) in [6.07, 6.45) is 5.07. The van der Waals surface area contributed by atoms with E-state index < -0.39 is 0 Å². The summed E-state index contributed by atoms with van der Waals surface area (Å²) in [6.45, 7) is 1.82. The van der Waals surface area contributed by atoms with Gasteiger partial charge in [0.25, 0.3) is 0 Å². The van der Waals surface area contributed by atoms with E-state index in [0.29, 0.717) is 17.5 Å². The molecule has 1 aromatic heterocycles. The van der Waals surface area contributed by atoms with Crippen LogP contribution in [0.2, 0.25) is 5.02 Å². The Balaban J connectivity index is 1.44. The van der Waals surface area contributed by atoms with Gasteiger partial charge in [-0.25, -0.2) is 4.98 Å². The maximum atomic E-state index is 11.9. The van der Waals surface area contributed by atoms with Crippen molar-refractivity contribution in [2.24, 2.45) is 0 Å². The molecule has 2 aliphatic rings. The Kier molecular flexibility index (Phi) is 3.99. The highest BCUT2D eigenvalue weighted by atomic mass is 35.5. The summed E-state index contributed by atoms with van der Waals surface area (Å²) in [5.41, 5.74) is 1.92. The SMILES string of the molecule is O=C(CCN1CCC[C@@H]1c1nc2ccc(Cl)cc2[nH]1)NC1CC1. The molecule has 1 amide bonds. The van der Waals surface area contributed by atoms with E-state index in [4.69, 9.17) is 16.6 Å². The number of fused-ring (bicyclic) bond motifs is 1. The van der Waals surface area contributed by atoms with Gasteiger partial charge in [-0.1, -0.05) is 11.6 Å². The van der Waals surface area contributed by atoms with Gasteiger partial charge in [0.2, 0.25) is 5.91 Å². The van der Waals surface area contributed by atoms with Crippen molar-refractivity contribution >= 4 is 28.5 Å². The Bertz CT molecular complexity index is 724. The molecule has 2 aromatic rings. The van der Waals surface area contributed by atoms with Crippen LogP contribution in [0, 0.1) is 0 Å². The molecule has 0 unspecified atom stereocenters. The molecule has 2 heterocycles. The van der Waals surface area contributed by atoms with Gasteiger partial charge in [-0.05, 0) is 50.4 Å². The number of aromatic amines is 1. The number of rotatable bonds is 5. The van der Waals surface area contributed by atoms with Crippen LogP contribution in [-0.4, -0.2) is 39.9 Å². The molecule has 122 valence electrons. The summed E-state index contributed by atoms with van der Waals surface area (Å²) in [5, 5.41) is 3.77. The van der Waals surface area contributed by atoms with Crippen molar-refractivity contribution in [2.75, 3.05) is 13.1 Å². The van der Waals surface area contributed by atoms with E-state index in [-0.39, 0.29) is 11.9 Å². The first-order valence-corrected chi connectivity index (χ1v) is 8.75. The third-order valence-electron chi connectivity index (χ3n) is 4.71. The minimum Gasteiger partial charge on any atom is -0.353 e. The minimum atomic E-state index is 0.175. The molecule has 1 saturated heterocycles. The Morgan fingerprint density at radius 1 is 1.39 bits per heavy atom. The van der Waals surface area contributed by atoms with Crippen molar-refractivity contribution in [3.8, 4) is 0 Å². The summed E-state index contributed by atoms with van der Waals surface area (Å²) >= 11 is 6.04. The Hall–Kier alpha value is -1.59. The first-order chi connectivity index (χ1) is 11.2. The summed E-state index contributed by atoms with van der Waals surface area (Å²) in [4.78, 5) is 22.4. The fourth-order valence-corrected chi connectivity index (χ4v) is 3.51. The van der Waals surface area contributed by atoms with E-state index in [0.717, 1.165) is 55.6 Å². The van der Waals surface area contributed by atoms with E-state index in [1.54, 1.807) is 0 Å². The average Bonchev–Trinajstić information content (AvgIpc) is 3.07. The zero-order chi connectivity index (χ0) is 15.8. The van der Waals surface area contributed by atoms with E-state index in [9.17, 15) is 4.79 Å². The van der Waals surface area contributed by atoms with Crippen LogP contribution in [0.25, 0.3) is 11.0 Å². The van der Waals surface area contributed by atoms with Gasteiger partial charge in [-0.3, -0.25) is 9.69 Å². The second-order valence-corrected chi connectivity index (χ2v) is 7.01. The van der Waals surface area contributed by atoms with Crippen LogP contribution in [0.5, 0.6) is 0 Å². The van der Waals surface area contributed by atoms with Gasteiger partial charge in [-0.2, -0.15) is 0 Å². The molecule has 2 N–H and O–H groups in total. The van der Waals surface area contributed by atoms with Crippen molar-refractivity contribution in [1.82, 2.24) is 20.2 Å². The lowest BCUT2D eigenvalue weighted by molar-refractivity contribution is -0.121. The topological polar surface area (TPSA) is 61.0 Å². The van der Waals surface area contributed by atoms with E-state index in [1.807, 2.05) is 18.2 Å². The molecule has 1 aliphatic carbocycles. The summed E-state index contributed by atoms with van der Waals surface area (Å²) < 4.78 is 0. The molecule has 2 fully saturated rings. The van der Waals surface area contributed by atoms with Crippen LogP contribution in [0.15, 0.2) is 18.2 Å². The van der Waals surface area contributed by atoms with Crippen molar-refractivity contribution in [3.05, 3.63) is 29.0 Å². The third kappa shape index (κ3) is 3.35. The van der Waals surface area contributed by atoms with E-state index in [1.165, 1.54) is 0 Å². The molecule has 6 heteroatoms. The summed E-state index contributed by atoms with van der Waals surface area (Å²) in [7, 11) is 0. The minimum absolute atomic E-state index is 0.175. The van der Waals surface area contributed by atoms with Crippen molar-refractivity contribution in [3.63, 3.8) is 0 Å². The zero-order valence-corrected chi connectivity index (χ0v) is 13.8. The second kappa shape index (κ2) is 6.13.